The van der Waals surface area contributed by atoms with Crippen LogP contribution in [-0.2, 0) is 12.8 Å². The Morgan fingerprint density at radius 3 is 2.46 bits per heavy atom. The largest absolute Gasteiger partial charge is 0.455 e. The van der Waals surface area contributed by atoms with Gasteiger partial charge in [0.2, 0.25) is 5.91 Å². The molecule has 4 aromatic carbocycles. The van der Waals surface area contributed by atoms with Crippen molar-refractivity contribution in [3.05, 3.63) is 107 Å². The zero-order chi connectivity index (χ0) is 23.9. The molecule has 0 spiro atoms. The highest BCUT2D eigenvalue weighted by Gasteiger charge is 2.16. The summed E-state index contributed by atoms with van der Waals surface area (Å²) in [7, 11) is 0. The molecule has 172 valence electrons. The van der Waals surface area contributed by atoms with Gasteiger partial charge in [0, 0.05) is 44.9 Å². The molecule has 5 heteroatoms. The summed E-state index contributed by atoms with van der Waals surface area (Å²) in [6, 6.07) is 28.4. The van der Waals surface area contributed by atoms with Crippen molar-refractivity contribution in [1.82, 2.24) is 4.98 Å². The van der Waals surface area contributed by atoms with Gasteiger partial charge in [-0.05, 0) is 60.0 Å². The Morgan fingerprint density at radius 1 is 0.857 bits per heavy atom. The molecule has 0 saturated heterocycles. The zero-order valence-corrected chi connectivity index (χ0v) is 19.2. The minimum absolute atomic E-state index is 0.419. The van der Waals surface area contributed by atoms with E-state index >= 15 is 0 Å². The molecule has 6 aromatic rings. The van der Waals surface area contributed by atoms with E-state index in [0.717, 1.165) is 62.7 Å². The molecule has 2 aromatic heterocycles. The summed E-state index contributed by atoms with van der Waals surface area (Å²) >= 11 is 0. The second-order valence-electron chi connectivity index (χ2n) is 8.90. The first kappa shape index (κ1) is 21.2. The van der Waals surface area contributed by atoms with Crippen LogP contribution in [0.2, 0.25) is 0 Å². The monoisotopic (exact) mass is 459 g/mol. The molecule has 0 fully saturated rings. The maximum Gasteiger partial charge on any atom is 0.248 e. The number of carbonyl (C=O) groups excluding carboxylic acids is 1. The van der Waals surface area contributed by atoms with Gasteiger partial charge in [-0.2, -0.15) is 0 Å². The van der Waals surface area contributed by atoms with Gasteiger partial charge in [0.1, 0.15) is 11.2 Å². The lowest BCUT2D eigenvalue weighted by atomic mass is 9.98. The number of para-hydroxylation sites is 2. The van der Waals surface area contributed by atoms with Gasteiger partial charge in [-0.25, -0.2) is 0 Å². The first-order chi connectivity index (χ1) is 17.1. The Kier molecular flexibility index (Phi) is 5.12. The number of aromatic nitrogens is 1. The van der Waals surface area contributed by atoms with Crippen LogP contribution < -0.4 is 11.5 Å². The van der Waals surface area contributed by atoms with Crippen LogP contribution in [0.3, 0.4) is 0 Å². The van der Waals surface area contributed by atoms with Crippen LogP contribution in [0, 0.1) is 0 Å². The summed E-state index contributed by atoms with van der Waals surface area (Å²) in [4.78, 5) is 15.0. The van der Waals surface area contributed by atoms with E-state index in [4.69, 9.17) is 15.9 Å². The number of hydrogen-bond donors (Lipinski definition) is 3. The number of primary amides is 1. The third-order valence-corrected chi connectivity index (χ3v) is 6.72. The van der Waals surface area contributed by atoms with Gasteiger partial charge in [0.15, 0.2) is 0 Å². The number of rotatable bonds is 6. The summed E-state index contributed by atoms with van der Waals surface area (Å²) in [5.41, 5.74) is 20.4. The highest BCUT2D eigenvalue weighted by Crippen LogP contribution is 2.37. The van der Waals surface area contributed by atoms with E-state index in [9.17, 15) is 4.79 Å². The first-order valence-corrected chi connectivity index (χ1v) is 11.8. The number of nitrogens with two attached hydrogens (primary N) is 2. The Hall–Kier alpha value is -4.35. The number of fused-ring (bicyclic) bond motifs is 4. The molecule has 35 heavy (non-hydrogen) atoms. The maximum absolute atomic E-state index is 11.4. The van der Waals surface area contributed by atoms with Crippen molar-refractivity contribution in [2.75, 3.05) is 6.54 Å². The lowest BCUT2D eigenvalue weighted by molar-refractivity contribution is 0.100. The zero-order valence-electron chi connectivity index (χ0n) is 19.2. The van der Waals surface area contributed by atoms with Gasteiger partial charge in [-0.3, -0.25) is 4.79 Å². The molecule has 0 atom stereocenters. The predicted molar refractivity (Wildman–Crippen MR) is 142 cm³/mol. The highest BCUT2D eigenvalue weighted by atomic mass is 16.3. The third kappa shape index (κ3) is 3.66. The number of amides is 1. The lowest BCUT2D eigenvalue weighted by Gasteiger charge is -2.06. The second kappa shape index (κ2) is 8.46. The van der Waals surface area contributed by atoms with Crippen molar-refractivity contribution in [2.24, 2.45) is 11.5 Å². The minimum atomic E-state index is -0.419. The molecular weight excluding hydrogens is 434 g/mol. The van der Waals surface area contributed by atoms with Crippen molar-refractivity contribution in [3.63, 3.8) is 0 Å². The van der Waals surface area contributed by atoms with E-state index in [1.807, 2.05) is 30.3 Å². The lowest BCUT2D eigenvalue weighted by Crippen LogP contribution is -2.10. The number of H-pyrrole nitrogens is 1. The molecule has 5 nitrogen and oxygen atoms in total. The number of benzene rings is 4. The molecule has 1 amide bonds. The van der Waals surface area contributed by atoms with E-state index in [0.29, 0.717) is 12.1 Å². The van der Waals surface area contributed by atoms with Gasteiger partial charge in [-0.15, -0.1) is 0 Å². The van der Waals surface area contributed by atoms with Crippen molar-refractivity contribution >= 4 is 38.7 Å². The summed E-state index contributed by atoms with van der Waals surface area (Å²) in [6.45, 7) is 0.559. The van der Waals surface area contributed by atoms with E-state index in [-0.39, 0.29) is 0 Å². The topological polar surface area (TPSA) is 98.0 Å². The van der Waals surface area contributed by atoms with E-state index in [2.05, 4.69) is 47.4 Å². The quantitative estimate of drug-likeness (QED) is 0.288. The summed E-state index contributed by atoms with van der Waals surface area (Å²) in [5.74, 6) is -0.419. The minimum Gasteiger partial charge on any atom is -0.455 e. The molecule has 2 heterocycles. The molecule has 0 aliphatic rings. The third-order valence-electron chi connectivity index (χ3n) is 6.72. The first-order valence-electron chi connectivity index (χ1n) is 11.8. The van der Waals surface area contributed by atoms with Crippen molar-refractivity contribution in [3.8, 4) is 11.1 Å². The number of hydrogen-bond acceptors (Lipinski definition) is 3. The van der Waals surface area contributed by atoms with E-state index in [1.165, 1.54) is 10.9 Å². The smallest absolute Gasteiger partial charge is 0.248 e. The van der Waals surface area contributed by atoms with E-state index in [1.54, 1.807) is 12.1 Å². The summed E-state index contributed by atoms with van der Waals surface area (Å²) < 4.78 is 6.28. The second-order valence-corrected chi connectivity index (χ2v) is 8.90. The average molecular weight is 460 g/mol. The van der Waals surface area contributed by atoms with Crippen LogP contribution in [0.25, 0.3) is 44.0 Å². The summed E-state index contributed by atoms with van der Waals surface area (Å²) in [5, 5.41) is 3.42. The molecule has 0 aliphatic carbocycles. The van der Waals surface area contributed by atoms with Crippen molar-refractivity contribution in [2.45, 2.75) is 12.8 Å². The normalized spacial score (nSPS) is 11.6. The maximum atomic E-state index is 11.4. The van der Waals surface area contributed by atoms with Crippen LogP contribution in [0.4, 0.5) is 0 Å². The van der Waals surface area contributed by atoms with Crippen LogP contribution >= 0.6 is 0 Å². The van der Waals surface area contributed by atoms with Crippen LogP contribution in [0.5, 0.6) is 0 Å². The highest BCUT2D eigenvalue weighted by molar-refractivity contribution is 6.10. The number of aromatic amines is 1. The van der Waals surface area contributed by atoms with Crippen LogP contribution in [-0.4, -0.2) is 17.4 Å². The molecule has 5 N–H and O–H groups in total. The van der Waals surface area contributed by atoms with Gasteiger partial charge in [0.05, 0.1) is 0 Å². The summed E-state index contributed by atoms with van der Waals surface area (Å²) in [6.07, 6.45) is 1.49. The average Bonchev–Trinajstić information content (AvgIpc) is 3.42. The van der Waals surface area contributed by atoms with Gasteiger partial charge in [-0.1, -0.05) is 54.6 Å². The van der Waals surface area contributed by atoms with Crippen LogP contribution in [0.15, 0.2) is 89.3 Å². The van der Waals surface area contributed by atoms with E-state index < -0.39 is 5.91 Å². The molecule has 6 rings (SSSR count). The standard InChI is InChI=1S/C30H25N3O2/c31-15-14-22-25-17-20(21-5-3-6-24-23-4-1-2-7-28(23)35-29(21)24)12-13-26(25)33-27(22)16-18-8-10-19(11-9-18)30(32)34/h1-13,17,33H,14-16,31H2,(H2,32,34). The number of nitrogens with one attached hydrogen (secondary N) is 1. The fraction of sp³-hybridized carbons (Fsp3) is 0.100. The van der Waals surface area contributed by atoms with Crippen LogP contribution in [0.1, 0.15) is 27.2 Å². The van der Waals surface area contributed by atoms with Gasteiger partial charge >= 0.3 is 0 Å². The molecule has 0 bridgehead atoms. The number of furan rings is 1. The fourth-order valence-corrected chi connectivity index (χ4v) is 5.02. The molecule has 0 aliphatic heterocycles. The Labute approximate surface area is 202 Å². The SMILES string of the molecule is NCCc1c(Cc2ccc(C(N)=O)cc2)[nH]c2ccc(-c3cccc4c3oc3ccccc34)cc12. The fourth-order valence-electron chi connectivity index (χ4n) is 5.02. The molecule has 0 saturated carbocycles. The molecule has 0 unspecified atom stereocenters. The Morgan fingerprint density at radius 2 is 1.66 bits per heavy atom. The number of carbonyl (C=O) groups is 1. The molecule has 0 radical (unpaired) electrons. The van der Waals surface area contributed by atoms with Gasteiger partial charge in [0.25, 0.3) is 0 Å². The molecular formula is C30H25N3O2. The van der Waals surface area contributed by atoms with Crippen molar-refractivity contribution in [1.29, 1.82) is 0 Å². The predicted octanol–water partition coefficient (Wildman–Crippen LogP) is 5.93. The Balaban J connectivity index is 1.45. The Bertz CT molecular complexity index is 1710. The van der Waals surface area contributed by atoms with Crippen molar-refractivity contribution < 1.29 is 9.21 Å². The van der Waals surface area contributed by atoms with Gasteiger partial charge < -0.3 is 20.9 Å².